The fourth-order valence-corrected chi connectivity index (χ4v) is 5.65. The van der Waals surface area contributed by atoms with Crippen LogP contribution in [0.15, 0.2) is 87.1 Å². The van der Waals surface area contributed by atoms with Crippen molar-refractivity contribution in [1.29, 1.82) is 0 Å². The zero-order valence-electron chi connectivity index (χ0n) is 29.8. The van der Waals surface area contributed by atoms with Gasteiger partial charge in [0.25, 0.3) is 0 Å². The van der Waals surface area contributed by atoms with E-state index in [0.29, 0.717) is 35.6 Å². The van der Waals surface area contributed by atoms with Crippen LogP contribution in [0.1, 0.15) is 42.3 Å². The summed E-state index contributed by atoms with van der Waals surface area (Å²) in [6.07, 6.45) is 3.09. The zero-order chi connectivity index (χ0) is 39.4. The monoisotopic (exact) mass is 966 g/mol. The van der Waals surface area contributed by atoms with Gasteiger partial charge in [0.05, 0.1) is 0 Å². The lowest BCUT2D eigenvalue weighted by Crippen LogP contribution is -2.26. The third kappa shape index (κ3) is 11.7. The van der Waals surface area contributed by atoms with Crippen LogP contribution in [-0.4, -0.2) is 58.3 Å². The number of fused-ring (bicyclic) bond motifs is 1. The van der Waals surface area contributed by atoms with Crippen LogP contribution in [0.25, 0.3) is 11.0 Å². The van der Waals surface area contributed by atoms with Crippen LogP contribution in [0.3, 0.4) is 0 Å². The van der Waals surface area contributed by atoms with Gasteiger partial charge >= 0.3 is 29.3 Å². The highest BCUT2D eigenvalue weighted by atomic mass is 127. The topological polar surface area (TPSA) is 187 Å². The molecule has 0 aliphatic carbocycles. The number of esters is 3. The summed E-state index contributed by atoms with van der Waals surface area (Å²) in [6, 6.07) is 17.8. The maximum absolute atomic E-state index is 12.7. The second kappa shape index (κ2) is 19.3. The van der Waals surface area contributed by atoms with Crippen molar-refractivity contribution in [3.63, 3.8) is 0 Å². The first-order valence-corrected chi connectivity index (χ1v) is 18.3. The van der Waals surface area contributed by atoms with E-state index in [1.54, 1.807) is 70.4 Å². The minimum Gasteiger partial charge on any atom is -0.482 e. The molecule has 0 atom stereocenters. The molecule has 0 saturated heterocycles. The number of ether oxygens (including phenoxy) is 5. The lowest BCUT2D eigenvalue weighted by Gasteiger charge is -2.22. The molecule has 284 valence electrons. The number of rotatable bonds is 12. The van der Waals surface area contributed by atoms with Crippen molar-refractivity contribution in [1.82, 2.24) is 14.5 Å². The Morgan fingerprint density at radius 1 is 0.796 bits per heavy atom. The number of nitrogens with zero attached hydrogens (tertiary/aromatic N) is 3. The van der Waals surface area contributed by atoms with E-state index >= 15 is 0 Å². The first-order chi connectivity index (χ1) is 25.7. The Hall–Kier alpha value is -5.05. The summed E-state index contributed by atoms with van der Waals surface area (Å²) in [6.45, 7) is 4.59. The van der Waals surface area contributed by atoms with Crippen molar-refractivity contribution in [2.45, 2.75) is 39.6 Å². The number of aromatic nitrogens is 3. The van der Waals surface area contributed by atoms with Crippen LogP contribution in [0, 0.1) is 7.14 Å². The van der Waals surface area contributed by atoms with E-state index in [1.807, 2.05) is 69.4 Å². The van der Waals surface area contributed by atoms with Gasteiger partial charge in [0, 0.05) is 44.8 Å². The molecule has 0 unspecified atom stereocenters. The fourth-order valence-electron chi connectivity index (χ4n) is 4.52. The van der Waals surface area contributed by atoms with E-state index in [-0.39, 0.29) is 43.0 Å². The Bertz CT molecular complexity index is 2220. The van der Waals surface area contributed by atoms with Gasteiger partial charge in [-0.1, -0.05) is 36.4 Å². The number of halogens is 2. The maximum atomic E-state index is 12.7. The van der Waals surface area contributed by atoms with Gasteiger partial charge in [0.15, 0.2) is 18.9 Å². The van der Waals surface area contributed by atoms with Crippen LogP contribution in [0.5, 0.6) is 11.5 Å². The van der Waals surface area contributed by atoms with Crippen LogP contribution in [-0.2, 0) is 44.1 Å². The van der Waals surface area contributed by atoms with Gasteiger partial charge in [-0.25, -0.2) is 33.9 Å². The van der Waals surface area contributed by atoms with Crippen LogP contribution < -0.4 is 26.2 Å². The number of nitrogens with one attached hydrogen (secondary N) is 1. The second-order valence-electron chi connectivity index (χ2n) is 12.1. The molecule has 15 nitrogen and oxygen atoms in total. The van der Waals surface area contributed by atoms with Gasteiger partial charge in [-0.05, 0) is 90.2 Å². The molecule has 0 bridgehead atoms. The number of pyridine rings is 2. The predicted octanol–water partition coefficient (Wildman–Crippen LogP) is 5.42. The highest BCUT2D eigenvalue weighted by Crippen LogP contribution is 2.26. The molecular weight excluding hydrogens is 930 g/mol. The van der Waals surface area contributed by atoms with Gasteiger partial charge in [0.1, 0.15) is 47.1 Å². The normalized spacial score (nSPS) is 10.8. The predicted molar refractivity (Wildman–Crippen MR) is 213 cm³/mol. The van der Waals surface area contributed by atoms with Crippen molar-refractivity contribution < 1.29 is 42.5 Å². The smallest absolute Gasteiger partial charge is 0.423 e. The number of benzene rings is 2. The van der Waals surface area contributed by atoms with E-state index in [1.165, 1.54) is 13.2 Å². The molecule has 5 aromatic rings. The molecule has 0 aliphatic rings. The van der Waals surface area contributed by atoms with Gasteiger partial charge in [-0.2, -0.15) is 0 Å². The summed E-state index contributed by atoms with van der Waals surface area (Å²) in [4.78, 5) is 68.7. The molecule has 5 rings (SSSR count). The summed E-state index contributed by atoms with van der Waals surface area (Å²) in [5, 5.41) is 2.99. The third-order valence-corrected chi connectivity index (χ3v) is 8.88. The molecule has 54 heavy (non-hydrogen) atoms. The van der Waals surface area contributed by atoms with Gasteiger partial charge in [0.2, 0.25) is 0 Å². The van der Waals surface area contributed by atoms with E-state index in [2.05, 4.69) is 19.7 Å². The summed E-state index contributed by atoms with van der Waals surface area (Å²) in [7, 11) is 3.10. The molecule has 0 spiro atoms. The van der Waals surface area contributed by atoms with E-state index < -0.39 is 34.9 Å². The molecule has 0 saturated carbocycles. The van der Waals surface area contributed by atoms with Crippen molar-refractivity contribution in [2.75, 3.05) is 25.6 Å². The third-order valence-electron chi connectivity index (χ3n) is 7.02. The molecule has 3 aromatic heterocycles. The van der Waals surface area contributed by atoms with Gasteiger partial charge in [-0.15, -0.1) is 0 Å². The Kier molecular flexibility index (Phi) is 14.9. The highest BCUT2D eigenvalue weighted by molar-refractivity contribution is 14.1. The lowest BCUT2D eigenvalue weighted by molar-refractivity contribution is -0.148. The first-order valence-electron chi connectivity index (χ1n) is 16.1. The van der Waals surface area contributed by atoms with Gasteiger partial charge < -0.3 is 33.4 Å². The van der Waals surface area contributed by atoms with Crippen molar-refractivity contribution >= 4 is 79.9 Å². The molecule has 0 aliphatic heterocycles. The van der Waals surface area contributed by atoms with Crippen LogP contribution >= 0.6 is 45.2 Å². The standard InChI is InChI=1S/C20H23IN2O5.C17H13IN2O6/c1-20(2,3)28-19(25)17-14(15(21)10-23-18(17)22-4)11-27-16(24)12-26-13-8-6-5-7-9-13;1-20-15-14(16(22)26-17(20)23)11(12(18)7-19-15)8-25-13(21)9-24-10-5-3-2-4-6-10/h5-10H,11-12H2,1-4H3,(H,22,23);2-7H,8-9H2,1H3. The zero-order valence-corrected chi connectivity index (χ0v) is 34.2. The number of para-hydroxylation sites is 2. The molecule has 0 fully saturated rings. The minimum atomic E-state index is -0.819. The number of anilines is 1. The molecule has 2 aromatic carbocycles. The molecule has 0 radical (unpaired) electrons. The first kappa shape index (κ1) is 41.7. The van der Waals surface area contributed by atoms with E-state index in [0.717, 1.165) is 4.57 Å². The summed E-state index contributed by atoms with van der Waals surface area (Å²) >= 11 is 4.02. The number of aryl methyl sites for hydroxylation is 1. The summed E-state index contributed by atoms with van der Waals surface area (Å²) in [5.41, 5.74) is -0.115. The largest absolute Gasteiger partial charge is 0.482 e. The summed E-state index contributed by atoms with van der Waals surface area (Å²) in [5.74, 6) is -0.999. The number of carbonyl (C=O) groups excluding carboxylic acids is 3. The van der Waals surface area contributed by atoms with Crippen LogP contribution in [0.4, 0.5) is 5.82 Å². The Morgan fingerprint density at radius 3 is 1.81 bits per heavy atom. The Morgan fingerprint density at radius 2 is 1.30 bits per heavy atom. The average molecular weight is 967 g/mol. The maximum Gasteiger partial charge on any atom is 0.423 e. The average Bonchev–Trinajstić information content (AvgIpc) is 3.14. The molecule has 1 N–H and O–H groups in total. The number of hydrogen-bond donors (Lipinski definition) is 1. The SMILES string of the molecule is CNc1ncc(I)c(COC(=O)COc2ccccc2)c1C(=O)OC(C)(C)C.Cn1c(=O)oc(=O)c2c(COC(=O)COc3ccccc3)c(I)cnc21. The van der Waals surface area contributed by atoms with Crippen molar-refractivity contribution in [2.24, 2.45) is 7.05 Å². The lowest BCUT2D eigenvalue weighted by atomic mass is 10.1. The summed E-state index contributed by atoms with van der Waals surface area (Å²) < 4.78 is 33.8. The molecule has 0 amide bonds. The number of hydrogen-bond acceptors (Lipinski definition) is 14. The van der Waals surface area contributed by atoms with Crippen molar-refractivity contribution in [3.8, 4) is 11.5 Å². The van der Waals surface area contributed by atoms with Crippen LogP contribution in [0.2, 0.25) is 0 Å². The number of carbonyl (C=O) groups is 3. The molecular formula is C37H36I2N4O11. The minimum absolute atomic E-state index is 0.0962. The van der Waals surface area contributed by atoms with Crippen molar-refractivity contribution in [3.05, 3.63) is 118 Å². The Balaban J connectivity index is 0.000000241. The molecule has 3 heterocycles. The van der Waals surface area contributed by atoms with Gasteiger partial charge in [-0.3, -0.25) is 4.57 Å². The second-order valence-corrected chi connectivity index (χ2v) is 14.4. The highest BCUT2D eigenvalue weighted by Gasteiger charge is 2.26. The quantitative estimate of drug-likeness (QED) is 0.0949. The van der Waals surface area contributed by atoms with E-state index in [9.17, 15) is 24.0 Å². The van der Waals surface area contributed by atoms with E-state index in [4.69, 9.17) is 23.7 Å². The fraction of sp³-hybridized carbons (Fsp3) is 0.270. The Labute approximate surface area is 336 Å². The molecule has 17 heteroatoms.